The van der Waals surface area contributed by atoms with Gasteiger partial charge in [0.1, 0.15) is 0 Å². The van der Waals surface area contributed by atoms with Crippen LogP contribution in [0.3, 0.4) is 0 Å². The molecule has 1 saturated carbocycles. The van der Waals surface area contributed by atoms with Gasteiger partial charge in [0.15, 0.2) is 0 Å². The zero-order valence-corrected chi connectivity index (χ0v) is 5.83. The van der Waals surface area contributed by atoms with Gasteiger partial charge in [0.25, 0.3) is 0 Å². The van der Waals surface area contributed by atoms with Crippen molar-refractivity contribution in [3.8, 4) is 0 Å². The van der Waals surface area contributed by atoms with Crippen LogP contribution in [0.1, 0.15) is 20.3 Å². The molecule has 2 heteroatoms. The van der Waals surface area contributed by atoms with Gasteiger partial charge in [-0.1, -0.05) is 13.8 Å². The Balaban J connectivity index is 2.15. The smallest absolute Gasteiger partial charge is 0.0985 e. The molecule has 2 rings (SSSR count). The standard InChI is InChI=1S/C7H12O2/c1-4-5(2)7-3-6(4)8-9-7/h4-7H,3H2,1-2H3. The maximum Gasteiger partial charge on any atom is 0.0985 e. The highest BCUT2D eigenvalue weighted by molar-refractivity contribution is 4.89. The third-order valence-electron chi connectivity index (χ3n) is 2.77. The van der Waals surface area contributed by atoms with Crippen LogP contribution in [-0.2, 0) is 9.78 Å². The monoisotopic (exact) mass is 128 g/mol. The normalized spacial score (nSPS) is 56.7. The first-order valence-corrected chi connectivity index (χ1v) is 3.61. The Morgan fingerprint density at radius 3 is 1.67 bits per heavy atom. The summed E-state index contributed by atoms with van der Waals surface area (Å²) in [4.78, 5) is 10.1. The van der Waals surface area contributed by atoms with Gasteiger partial charge in [0.2, 0.25) is 0 Å². The highest BCUT2D eigenvalue weighted by Gasteiger charge is 2.46. The van der Waals surface area contributed by atoms with E-state index in [-0.39, 0.29) is 0 Å². The van der Waals surface area contributed by atoms with Gasteiger partial charge in [0, 0.05) is 6.42 Å². The lowest BCUT2D eigenvalue weighted by Crippen LogP contribution is -2.25. The third-order valence-corrected chi connectivity index (χ3v) is 2.77. The first kappa shape index (κ1) is 5.69. The van der Waals surface area contributed by atoms with Gasteiger partial charge < -0.3 is 0 Å². The number of hydrogen-bond donors (Lipinski definition) is 0. The molecule has 4 unspecified atom stereocenters. The fraction of sp³-hybridized carbons (Fsp3) is 1.00. The molecule has 0 aromatic carbocycles. The molecular formula is C7H12O2. The molecule has 9 heavy (non-hydrogen) atoms. The van der Waals surface area contributed by atoms with E-state index in [0.717, 1.165) is 6.42 Å². The fourth-order valence-corrected chi connectivity index (χ4v) is 1.73. The van der Waals surface area contributed by atoms with Crippen LogP contribution in [0.4, 0.5) is 0 Å². The quantitative estimate of drug-likeness (QED) is 0.458. The maximum atomic E-state index is 5.03. The highest BCUT2D eigenvalue weighted by atomic mass is 17.2. The molecule has 2 bridgehead atoms. The lowest BCUT2D eigenvalue weighted by molar-refractivity contribution is -0.337. The second-order valence-electron chi connectivity index (χ2n) is 3.22. The topological polar surface area (TPSA) is 18.5 Å². The second kappa shape index (κ2) is 1.70. The molecule has 0 amide bonds. The minimum Gasteiger partial charge on any atom is -0.233 e. The highest BCUT2D eigenvalue weighted by Crippen LogP contribution is 2.41. The molecular weight excluding hydrogens is 116 g/mol. The lowest BCUT2D eigenvalue weighted by atomic mass is 9.98. The summed E-state index contributed by atoms with van der Waals surface area (Å²) in [6.45, 7) is 4.47. The Bertz CT molecular complexity index is 106. The summed E-state index contributed by atoms with van der Waals surface area (Å²) in [6, 6.07) is 0. The average Bonchev–Trinajstić information content (AvgIpc) is 2.37. The van der Waals surface area contributed by atoms with E-state index >= 15 is 0 Å². The molecule has 2 fully saturated rings. The molecule has 0 N–H and O–H groups in total. The van der Waals surface area contributed by atoms with E-state index in [4.69, 9.17) is 9.78 Å². The zero-order valence-electron chi connectivity index (χ0n) is 5.83. The van der Waals surface area contributed by atoms with E-state index < -0.39 is 0 Å². The predicted octanol–water partition coefficient (Wildman–Crippen LogP) is 1.36. The van der Waals surface area contributed by atoms with Crippen molar-refractivity contribution in [3.63, 3.8) is 0 Å². The first-order chi connectivity index (χ1) is 4.29. The SMILES string of the molecule is CC1C2CC(OO2)C1C. The van der Waals surface area contributed by atoms with Crippen LogP contribution >= 0.6 is 0 Å². The van der Waals surface area contributed by atoms with Gasteiger partial charge >= 0.3 is 0 Å². The second-order valence-corrected chi connectivity index (χ2v) is 3.22. The van der Waals surface area contributed by atoms with E-state index in [1.807, 2.05) is 0 Å². The number of fused-ring (bicyclic) bond motifs is 2. The molecule has 4 atom stereocenters. The van der Waals surface area contributed by atoms with Gasteiger partial charge in [-0.3, -0.25) is 0 Å². The molecule has 1 saturated heterocycles. The molecule has 1 aliphatic carbocycles. The van der Waals surface area contributed by atoms with Crippen molar-refractivity contribution in [1.82, 2.24) is 0 Å². The third kappa shape index (κ3) is 0.634. The van der Waals surface area contributed by atoms with E-state index in [2.05, 4.69) is 13.8 Å². The van der Waals surface area contributed by atoms with Crippen molar-refractivity contribution in [1.29, 1.82) is 0 Å². The Labute approximate surface area is 55.1 Å². The van der Waals surface area contributed by atoms with E-state index in [0.29, 0.717) is 24.0 Å². The maximum absolute atomic E-state index is 5.03. The fourth-order valence-electron chi connectivity index (χ4n) is 1.73. The molecule has 1 heterocycles. The molecule has 2 nitrogen and oxygen atoms in total. The number of rotatable bonds is 0. The summed E-state index contributed by atoms with van der Waals surface area (Å²) in [5, 5.41) is 0. The van der Waals surface area contributed by atoms with Gasteiger partial charge in [-0.15, -0.1) is 0 Å². The van der Waals surface area contributed by atoms with E-state index in [1.165, 1.54) is 0 Å². The molecule has 0 radical (unpaired) electrons. The molecule has 0 aromatic rings. The first-order valence-electron chi connectivity index (χ1n) is 3.61. The van der Waals surface area contributed by atoms with Crippen molar-refractivity contribution >= 4 is 0 Å². The summed E-state index contributed by atoms with van der Waals surface area (Å²) < 4.78 is 0. The van der Waals surface area contributed by atoms with Crippen LogP contribution in [0, 0.1) is 11.8 Å². The Morgan fingerprint density at radius 2 is 1.44 bits per heavy atom. The van der Waals surface area contributed by atoms with Gasteiger partial charge in [0.05, 0.1) is 12.2 Å². The summed E-state index contributed by atoms with van der Waals surface area (Å²) in [5.74, 6) is 1.40. The van der Waals surface area contributed by atoms with Crippen molar-refractivity contribution in [2.24, 2.45) is 11.8 Å². The van der Waals surface area contributed by atoms with Crippen LogP contribution < -0.4 is 0 Å². The zero-order chi connectivity index (χ0) is 6.43. The van der Waals surface area contributed by atoms with Crippen molar-refractivity contribution in [2.45, 2.75) is 32.5 Å². The molecule has 0 aromatic heterocycles. The minimum absolute atomic E-state index is 0.394. The largest absolute Gasteiger partial charge is 0.233 e. The Kier molecular flexibility index (Phi) is 1.08. The van der Waals surface area contributed by atoms with E-state index in [9.17, 15) is 0 Å². The molecule has 1 aliphatic heterocycles. The predicted molar refractivity (Wildman–Crippen MR) is 32.7 cm³/mol. The van der Waals surface area contributed by atoms with Crippen LogP contribution in [-0.4, -0.2) is 12.2 Å². The summed E-state index contributed by atoms with van der Waals surface area (Å²) >= 11 is 0. The van der Waals surface area contributed by atoms with Gasteiger partial charge in [-0.25, -0.2) is 9.78 Å². The molecule has 2 aliphatic rings. The van der Waals surface area contributed by atoms with Crippen molar-refractivity contribution in [3.05, 3.63) is 0 Å². The van der Waals surface area contributed by atoms with E-state index in [1.54, 1.807) is 0 Å². The summed E-state index contributed by atoms with van der Waals surface area (Å²) in [6.07, 6.45) is 1.90. The molecule has 52 valence electrons. The average molecular weight is 128 g/mol. The Morgan fingerprint density at radius 1 is 1.00 bits per heavy atom. The summed E-state index contributed by atoms with van der Waals surface area (Å²) in [7, 11) is 0. The minimum atomic E-state index is 0.394. The van der Waals surface area contributed by atoms with Crippen LogP contribution in [0.15, 0.2) is 0 Å². The van der Waals surface area contributed by atoms with Crippen LogP contribution in [0.5, 0.6) is 0 Å². The summed E-state index contributed by atoms with van der Waals surface area (Å²) in [5.41, 5.74) is 0. The van der Waals surface area contributed by atoms with Gasteiger partial charge in [-0.05, 0) is 11.8 Å². The van der Waals surface area contributed by atoms with Crippen molar-refractivity contribution in [2.75, 3.05) is 0 Å². The van der Waals surface area contributed by atoms with Gasteiger partial charge in [-0.2, -0.15) is 0 Å². The lowest BCUT2D eigenvalue weighted by Gasteiger charge is -2.23. The molecule has 0 spiro atoms. The number of hydrogen-bond acceptors (Lipinski definition) is 2. The van der Waals surface area contributed by atoms with Crippen molar-refractivity contribution < 1.29 is 9.78 Å². The Hall–Kier alpha value is -0.0800. The van der Waals surface area contributed by atoms with Crippen LogP contribution in [0.2, 0.25) is 0 Å². The van der Waals surface area contributed by atoms with Crippen LogP contribution in [0.25, 0.3) is 0 Å².